The van der Waals surface area contributed by atoms with E-state index in [4.69, 9.17) is 0 Å². The summed E-state index contributed by atoms with van der Waals surface area (Å²) in [6.07, 6.45) is -2.23. The van der Waals surface area contributed by atoms with Gasteiger partial charge in [0.2, 0.25) is 0 Å². The van der Waals surface area contributed by atoms with Gasteiger partial charge in [0.15, 0.2) is 0 Å². The molecular formula is C2H4K4O6P2. The molecule has 0 aliphatic carbocycles. The van der Waals surface area contributed by atoms with Crippen molar-refractivity contribution in [2.75, 3.05) is 12.3 Å². The van der Waals surface area contributed by atoms with Gasteiger partial charge < -0.3 is 28.7 Å². The predicted octanol–water partition coefficient (Wildman–Crippen LogP) is -15.2. The van der Waals surface area contributed by atoms with E-state index in [0.717, 1.165) is 0 Å². The molecule has 6 nitrogen and oxygen atoms in total. The van der Waals surface area contributed by atoms with Gasteiger partial charge in [-0.15, -0.1) is 0 Å². The molecule has 0 spiro atoms. The second kappa shape index (κ2) is 16.2. The second-order valence-electron chi connectivity index (χ2n) is 1.67. The van der Waals surface area contributed by atoms with Crippen LogP contribution in [0.3, 0.4) is 0 Å². The molecule has 0 aliphatic heterocycles. The first kappa shape index (κ1) is 32.7. The molecule has 0 aromatic rings. The molecule has 12 heteroatoms. The molecule has 0 bridgehead atoms. The minimum absolute atomic E-state index is 0. The third-order valence-corrected chi connectivity index (χ3v) is 2.54. The normalized spacial score (nSPS) is 9.71. The van der Waals surface area contributed by atoms with Gasteiger partial charge in [0.1, 0.15) is 0 Å². The van der Waals surface area contributed by atoms with Crippen molar-refractivity contribution >= 4 is 15.2 Å². The van der Waals surface area contributed by atoms with Crippen molar-refractivity contribution in [3.8, 4) is 0 Å². The van der Waals surface area contributed by atoms with Gasteiger partial charge in [-0.2, -0.15) is 0 Å². The fourth-order valence-corrected chi connectivity index (χ4v) is 2.20. The molecule has 62 valence electrons. The maximum absolute atomic E-state index is 9.75. The Morgan fingerprint density at radius 2 is 0.786 bits per heavy atom. The molecule has 0 saturated carbocycles. The topological polar surface area (TPSA) is 126 Å². The van der Waals surface area contributed by atoms with Crippen LogP contribution in [0.4, 0.5) is 0 Å². The average molecular weight is 342 g/mol. The molecule has 0 N–H and O–H groups in total. The molecule has 0 amide bonds. The van der Waals surface area contributed by atoms with E-state index in [2.05, 4.69) is 0 Å². The molecule has 14 heavy (non-hydrogen) atoms. The van der Waals surface area contributed by atoms with Crippen LogP contribution in [0, 0.1) is 0 Å². The van der Waals surface area contributed by atoms with Crippen molar-refractivity contribution in [3.63, 3.8) is 0 Å². The van der Waals surface area contributed by atoms with Crippen LogP contribution in [-0.2, 0) is 9.13 Å². The SMILES string of the molecule is O=P([O-])([O-])CCP(=O)([O-])[O-].[K+].[K+].[K+].[K+]. The van der Waals surface area contributed by atoms with Gasteiger partial charge in [0, 0.05) is 0 Å². The first-order chi connectivity index (χ1) is 4.21. The molecule has 0 radical (unpaired) electrons. The van der Waals surface area contributed by atoms with Crippen LogP contribution in [0.25, 0.3) is 0 Å². The molecule has 0 fully saturated rings. The summed E-state index contributed by atoms with van der Waals surface area (Å²) in [6, 6.07) is 0. The van der Waals surface area contributed by atoms with E-state index in [-0.39, 0.29) is 206 Å². The number of hydrogen-bond donors (Lipinski definition) is 0. The van der Waals surface area contributed by atoms with Crippen LogP contribution >= 0.6 is 15.2 Å². The van der Waals surface area contributed by atoms with Crippen LogP contribution < -0.4 is 225 Å². The molecule has 0 rings (SSSR count). The first-order valence-corrected chi connectivity index (χ1v) is 5.68. The van der Waals surface area contributed by atoms with Crippen molar-refractivity contribution < 1.29 is 234 Å². The summed E-state index contributed by atoms with van der Waals surface area (Å²) >= 11 is 0. The summed E-state index contributed by atoms with van der Waals surface area (Å²) in [4.78, 5) is 39.0. The maximum Gasteiger partial charge on any atom is 1.00 e. The Morgan fingerprint density at radius 3 is 0.857 bits per heavy atom. The summed E-state index contributed by atoms with van der Waals surface area (Å²) < 4.78 is 19.5. The Kier molecular flexibility index (Phi) is 37.9. The van der Waals surface area contributed by atoms with Crippen molar-refractivity contribution in [1.29, 1.82) is 0 Å². The monoisotopic (exact) mass is 342 g/mol. The van der Waals surface area contributed by atoms with Gasteiger partial charge in [-0.3, -0.25) is 0 Å². The Morgan fingerprint density at radius 1 is 0.643 bits per heavy atom. The predicted molar refractivity (Wildman–Crippen MR) is 24.9 cm³/mol. The minimum Gasteiger partial charge on any atom is -0.811 e. The van der Waals surface area contributed by atoms with E-state index in [1.165, 1.54) is 0 Å². The van der Waals surface area contributed by atoms with Gasteiger partial charge in [-0.25, -0.2) is 0 Å². The van der Waals surface area contributed by atoms with Crippen molar-refractivity contribution in [1.82, 2.24) is 0 Å². The maximum atomic E-state index is 9.75. The fourth-order valence-electron chi connectivity index (χ4n) is 0.245. The van der Waals surface area contributed by atoms with Gasteiger partial charge >= 0.3 is 206 Å². The van der Waals surface area contributed by atoms with Crippen molar-refractivity contribution in [2.45, 2.75) is 0 Å². The molecule has 0 aliphatic rings. The molecular weight excluding hydrogens is 338 g/mol. The standard InChI is InChI=1S/C2H8O6P2.4K/c3-9(4,5)1-2-10(6,7)8;;;;/h1-2H2,(H2,3,4,5)(H2,6,7,8);;;;/q;4*+1/p-4. The van der Waals surface area contributed by atoms with Crippen molar-refractivity contribution in [2.24, 2.45) is 0 Å². The Hall–Kier alpha value is 6.85. The smallest absolute Gasteiger partial charge is 0.811 e. The van der Waals surface area contributed by atoms with E-state index in [9.17, 15) is 28.7 Å². The van der Waals surface area contributed by atoms with Gasteiger partial charge in [0.25, 0.3) is 0 Å². The number of rotatable bonds is 3. The van der Waals surface area contributed by atoms with Crippen LogP contribution in [0.15, 0.2) is 0 Å². The Balaban J connectivity index is -0.0000000675. The minimum atomic E-state index is -4.83. The largest absolute Gasteiger partial charge is 1.00 e. The zero-order chi connectivity index (χ0) is 8.41. The number of hydrogen-bond acceptors (Lipinski definition) is 6. The van der Waals surface area contributed by atoms with E-state index in [1.807, 2.05) is 0 Å². The average Bonchev–Trinajstić information content (AvgIpc) is 1.57. The summed E-state index contributed by atoms with van der Waals surface area (Å²) in [5.41, 5.74) is 0. The fraction of sp³-hybridized carbons (Fsp3) is 1.00. The molecule has 0 unspecified atom stereocenters. The van der Waals surface area contributed by atoms with Gasteiger partial charge in [-0.1, -0.05) is 15.2 Å². The molecule has 0 atom stereocenters. The zero-order valence-corrected chi connectivity index (χ0v) is 23.0. The summed E-state index contributed by atoms with van der Waals surface area (Å²) in [5, 5.41) is 0. The third kappa shape index (κ3) is 31.3. The van der Waals surface area contributed by atoms with Crippen LogP contribution in [0.1, 0.15) is 0 Å². The van der Waals surface area contributed by atoms with E-state index in [0.29, 0.717) is 0 Å². The summed E-state index contributed by atoms with van der Waals surface area (Å²) in [5.74, 6) is 0. The third-order valence-electron chi connectivity index (χ3n) is 0.648. The zero-order valence-electron chi connectivity index (χ0n) is 8.76. The molecule has 0 aromatic heterocycles. The van der Waals surface area contributed by atoms with Crippen LogP contribution in [0.5, 0.6) is 0 Å². The van der Waals surface area contributed by atoms with Crippen LogP contribution in [-0.4, -0.2) is 12.3 Å². The van der Waals surface area contributed by atoms with E-state index >= 15 is 0 Å². The van der Waals surface area contributed by atoms with Gasteiger partial charge in [0.05, 0.1) is 0 Å². The summed E-state index contributed by atoms with van der Waals surface area (Å²) in [6.45, 7) is 0. The van der Waals surface area contributed by atoms with E-state index in [1.54, 1.807) is 0 Å². The molecule has 0 heterocycles. The Bertz CT molecular complexity index is 176. The molecule has 0 saturated heterocycles. The molecule has 0 aromatic carbocycles. The second-order valence-corrected chi connectivity index (χ2v) is 5.01. The van der Waals surface area contributed by atoms with E-state index < -0.39 is 27.5 Å². The first-order valence-electron chi connectivity index (χ1n) is 2.23. The van der Waals surface area contributed by atoms with Crippen molar-refractivity contribution in [3.05, 3.63) is 0 Å². The Labute approximate surface area is 253 Å². The van der Waals surface area contributed by atoms with Crippen LogP contribution in [0.2, 0.25) is 0 Å². The summed E-state index contributed by atoms with van der Waals surface area (Å²) in [7, 11) is -9.67. The quantitative estimate of drug-likeness (QED) is 0.370. The van der Waals surface area contributed by atoms with Gasteiger partial charge in [-0.05, 0) is 12.3 Å².